The molecule has 2 aromatic rings. The highest BCUT2D eigenvalue weighted by Gasteiger charge is 2.30. The summed E-state index contributed by atoms with van der Waals surface area (Å²) in [6.07, 6.45) is 11.5. The Kier molecular flexibility index (Phi) is 5.40. The van der Waals surface area contributed by atoms with Gasteiger partial charge in [-0.05, 0) is 25.8 Å². The highest BCUT2D eigenvalue weighted by atomic mass is 16.2. The second-order valence-electron chi connectivity index (χ2n) is 7.14. The molecule has 3 heterocycles. The van der Waals surface area contributed by atoms with Gasteiger partial charge < -0.3 is 9.47 Å². The van der Waals surface area contributed by atoms with Crippen molar-refractivity contribution in [3.63, 3.8) is 0 Å². The van der Waals surface area contributed by atoms with Crippen molar-refractivity contribution >= 4 is 5.91 Å². The summed E-state index contributed by atoms with van der Waals surface area (Å²) in [5, 5.41) is 7.28. The average Bonchev–Trinajstić information content (AvgIpc) is 3.25. The van der Waals surface area contributed by atoms with Crippen molar-refractivity contribution in [3.8, 4) is 0 Å². The first-order chi connectivity index (χ1) is 12.5. The summed E-state index contributed by atoms with van der Waals surface area (Å²) >= 11 is 0. The Hall–Kier alpha value is -2.63. The number of H-pyrrole nitrogens is 1. The molecule has 0 spiro atoms. The summed E-state index contributed by atoms with van der Waals surface area (Å²) in [5.41, 5.74) is 1.36. The third-order valence-electron chi connectivity index (χ3n) is 4.78. The molecule has 2 aromatic heterocycles. The summed E-state index contributed by atoms with van der Waals surface area (Å²) in [4.78, 5) is 19.4. The van der Waals surface area contributed by atoms with E-state index in [1.807, 2.05) is 30.2 Å². The lowest BCUT2D eigenvalue weighted by Crippen LogP contribution is -2.47. The Labute approximate surface area is 154 Å². The zero-order valence-electron chi connectivity index (χ0n) is 15.7. The van der Waals surface area contributed by atoms with Gasteiger partial charge in [0.25, 0.3) is 5.91 Å². The molecular weight excluding hydrogens is 326 g/mol. The molecule has 0 aliphatic carbocycles. The third-order valence-corrected chi connectivity index (χ3v) is 4.78. The molecule has 1 amide bonds. The molecule has 0 bridgehead atoms. The number of nitrogens with one attached hydrogen (secondary N) is 1. The van der Waals surface area contributed by atoms with Crippen molar-refractivity contribution in [1.29, 1.82) is 0 Å². The number of amides is 1. The van der Waals surface area contributed by atoms with Gasteiger partial charge in [-0.25, -0.2) is 4.98 Å². The van der Waals surface area contributed by atoms with E-state index in [0.29, 0.717) is 18.2 Å². The highest BCUT2D eigenvalue weighted by molar-refractivity contribution is 5.93. The summed E-state index contributed by atoms with van der Waals surface area (Å²) in [6, 6.07) is 2.05. The van der Waals surface area contributed by atoms with E-state index in [-0.39, 0.29) is 18.0 Å². The number of hydrogen-bond acceptors (Lipinski definition) is 3. The van der Waals surface area contributed by atoms with Crippen LogP contribution < -0.4 is 0 Å². The average molecular weight is 353 g/mol. The summed E-state index contributed by atoms with van der Waals surface area (Å²) in [5.74, 6) is 1.33. The Morgan fingerprint density at radius 2 is 2.31 bits per heavy atom. The molecule has 2 atom stereocenters. The maximum Gasteiger partial charge on any atom is 0.275 e. The number of carbonyl (C=O) groups excluding carboxylic acids is 1. The first-order valence-electron chi connectivity index (χ1n) is 9.16. The number of imidazole rings is 1. The Balaban J connectivity index is 1.78. The first kappa shape index (κ1) is 18.2. The fourth-order valence-corrected chi connectivity index (χ4v) is 3.55. The van der Waals surface area contributed by atoms with Gasteiger partial charge in [-0.3, -0.25) is 9.89 Å². The lowest BCUT2D eigenvalue weighted by Gasteiger charge is -2.37. The lowest BCUT2D eigenvalue weighted by molar-refractivity contribution is 0.0616. The van der Waals surface area contributed by atoms with E-state index >= 15 is 0 Å². The van der Waals surface area contributed by atoms with Gasteiger partial charge in [-0.1, -0.05) is 32.1 Å². The lowest BCUT2D eigenvalue weighted by atomic mass is 10.00. The standard InChI is InChI=1S/C20H27N5O/c1-5-7-17-9-6-8-15(4)25(17)20(26)18-12-16(22-23-18)13-24-11-10-21-19(24)14(2)3/h5-6,8,10-12,14-15,17H,1,7,9,13H2,2-4H3,(H,22,23)/t15-,17-/m1/s1. The van der Waals surface area contributed by atoms with Crippen molar-refractivity contribution in [1.82, 2.24) is 24.6 Å². The van der Waals surface area contributed by atoms with Crippen LogP contribution in [-0.4, -0.2) is 42.6 Å². The quantitative estimate of drug-likeness (QED) is 0.808. The van der Waals surface area contributed by atoms with Gasteiger partial charge in [-0.2, -0.15) is 5.10 Å². The molecular formula is C20H27N5O. The molecule has 1 aliphatic heterocycles. The van der Waals surface area contributed by atoms with Crippen LogP contribution in [0.25, 0.3) is 0 Å². The number of aromatic nitrogens is 4. The van der Waals surface area contributed by atoms with Crippen molar-refractivity contribution in [2.24, 2.45) is 0 Å². The SMILES string of the molecule is C=CC[C@@H]1CC=C[C@@H](C)N1C(=O)c1cc(Cn2ccnc2C(C)C)[nH]n1. The molecule has 0 radical (unpaired) electrons. The maximum atomic E-state index is 13.0. The highest BCUT2D eigenvalue weighted by Crippen LogP contribution is 2.23. The fourth-order valence-electron chi connectivity index (χ4n) is 3.55. The van der Waals surface area contributed by atoms with Crippen LogP contribution in [0.2, 0.25) is 0 Å². The van der Waals surface area contributed by atoms with Crippen molar-refractivity contribution in [3.05, 3.63) is 60.5 Å². The van der Waals surface area contributed by atoms with E-state index in [2.05, 4.69) is 52.3 Å². The zero-order chi connectivity index (χ0) is 18.7. The Morgan fingerprint density at radius 3 is 3.04 bits per heavy atom. The van der Waals surface area contributed by atoms with Crippen LogP contribution in [0.4, 0.5) is 0 Å². The van der Waals surface area contributed by atoms with Crippen LogP contribution >= 0.6 is 0 Å². The molecule has 6 heteroatoms. The molecule has 138 valence electrons. The largest absolute Gasteiger partial charge is 0.329 e. The van der Waals surface area contributed by atoms with E-state index in [1.54, 1.807) is 6.20 Å². The topological polar surface area (TPSA) is 66.8 Å². The molecule has 26 heavy (non-hydrogen) atoms. The number of carbonyl (C=O) groups is 1. The minimum Gasteiger partial charge on any atom is -0.329 e. The fraction of sp³-hybridized carbons (Fsp3) is 0.450. The molecule has 6 nitrogen and oxygen atoms in total. The van der Waals surface area contributed by atoms with Gasteiger partial charge >= 0.3 is 0 Å². The number of aromatic amines is 1. The molecule has 1 aliphatic rings. The first-order valence-corrected chi connectivity index (χ1v) is 9.16. The zero-order valence-corrected chi connectivity index (χ0v) is 15.7. The van der Waals surface area contributed by atoms with E-state index < -0.39 is 0 Å². The van der Waals surface area contributed by atoms with Gasteiger partial charge in [0.05, 0.1) is 12.2 Å². The van der Waals surface area contributed by atoms with E-state index in [9.17, 15) is 4.79 Å². The summed E-state index contributed by atoms with van der Waals surface area (Å²) in [7, 11) is 0. The van der Waals surface area contributed by atoms with E-state index in [1.165, 1.54) is 0 Å². The number of rotatable bonds is 6. The second kappa shape index (κ2) is 7.72. The number of hydrogen-bond donors (Lipinski definition) is 1. The van der Waals surface area contributed by atoms with Gasteiger partial charge in [0.1, 0.15) is 5.82 Å². The van der Waals surface area contributed by atoms with Crippen molar-refractivity contribution < 1.29 is 4.79 Å². The molecule has 3 rings (SSSR count). The van der Waals surface area contributed by atoms with Crippen LogP contribution in [0.5, 0.6) is 0 Å². The predicted molar refractivity (Wildman–Crippen MR) is 102 cm³/mol. The van der Waals surface area contributed by atoms with Gasteiger partial charge in [0.2, 0.25) is 0 Å². The summed E-state index contributed by atoms with van der Waals surface area (Å²) in [6.45, 7) is 10.7. The van der Waals surface area contributed by atoms with E-state index in [4.69, 9.17) is 0 Å². The van der Waals surface area contributed by atoms with Gasteiger partial charge in [-0.15, -0.1) is 6.58 Å². The van der Waals surface area contributed by atoms with Crippen molar-refractivity contribution in [2.45, 2.75) is 58.2 Å². The Morgan fingerprint density at radius 1 is 1.50 bits per heavy atom. The van der Waals surface area contributed by atoms with Crippen LogP contribution in [-0.2, 0) is 6.54 Å². The maximum absolute atomic E-state index is 13.0. The normalized spacial score (nSPS) is 19.9. The van der Waals surface area contributed by atoms with Crippen LogP contribution in [0.1, 0.15) is 61.5 Å². The molecule has 0 aromatic carbocycles. The molecule has 0 saturated carbocycles. The van der Waals surface area contributed by atoms with Gasteiger partial charge in [0.15, 0.2) is 5.69 Å². The second-order valence-corrected chi connectivity index (χ2v) is 7.14. The van der Waals surface area contributed by atoms with Crippen LogP contribution in [0.3, 0.4) is 0 Å². The Bertz CT molecular complexity index is 801. The monoisotopic (exact) mass is 353 g/mol. The molecule has 0 fully saturated rings. The van der Waals surface area contributed by atoms with Crippen molar-refractivity contribution in [2.75, 3.05) is 0 Å². The van der Waals surface area contributed by atoms with E-state index in [0.717, 1.165) is 24.4 Å². The summed E-state index contributed by atoms with van der Waals surface area (Å²) < 4.78 is 2.08. The van der Waals surface area contributed by atoms with Crippen LogP contribution in [0.15, 0.2) is 43.3 Å². The van der Waals surface area contributed by atoms with Gasteiger partial charge in [0, 0.05) is 30.4 Å². The smallest absolute Gasteiger partial charge is 0.275 e. The minimum absolute atomic E-state index is 0.0362. The molecule has 0 unspecified atom stereocenters. The molecule has 0 saturated heterocycles. The predicted octanol–water partition coefficient (Wildman–Crippen LogP) is 3.51. The van der Waals surface area contributed by atoms with Crippen LogP contribution in [0, 0.1) is 0 Å². The minimum atomic E-state index is -0.0362. The molecule has 1 N–H and O–H groups in total. The third kappa shape index (κ3) is 3.64. The number of nitrogens with zero attached hydrogens (tertiary/aromatic N) is 4.